The van der Waals surface area contributed by atoms with Crippen molar-refractivity contribution in [1.29, 1.82) is 0 Å². The van der Waals surface area contributed by atoms with Crippen LogP contribution >= 0.6 is 0 Å². The minimum absolute atomic E-state index is 0.121. The lowest BCUT2D eigenvalue weighted by atomic mass is 10.4. The Morgan fingerprint density at radius 2 is 2.12 bits per heavy atom. The van der Waals surface area contributed by atoms with Gasteiger partial charge in [-0.25, -0.2) is 18.2 Å². The van der Waals surface area contributed by atoms with Crippen LogP contribution in [-0.2, 0) is 10.0 Å². The molecule has 0 aliphatic carbocycles. The summed E-state index contributed by atoms with van der Waals surface area (Å²) in [5, 5.41) is 13.7. The molecule has 0 aliphatic heterocycles. The van der Waals surface area contributed by atoms with Gasteiger partial charge in [-0.2, -0.15) is 0 Å². The van der Waals surface area contributed by atoms with Crippen LogP contribution in [0.25, 0.3) is 0 Å². The number of aromatic nitrogens is 2. The first-order valence-electron chi connectivity index (χ1n) is 4.27. The van der Waals surface area contributed by atoms with E-state index in [9.17, 15) is 13.2 Å². The fourth-order valence-corrected chi connectivity index (χ4v) is 1.46. The van der Waals surface area contributed by atoms with E-state index < -0.39 is 15.9 Å². The van der Waals surface area contributed by atoms with Gasteiger partial charge in [0.2, 0.25) is 21.5 Å². The minimum atomic E-state index is -3.51. The van der Waals surface area contributed by atoms with Crippen molar-refractivity contribution >= 4 is 21.7 Å². The molecule has 0 unspecified atom stereocenters. The first-order chi connectivity index (χ1) is 7.40. The molecule has 0 fully saturated rings. The zero-order valence-electron chi connectivity index (χ0n) is 8.21. The molecule has 0 atom stereocenters. The lowest BCUT2D eigenvalue weighted by molar-refractivity contribution is 0.0944. The van der Waals surface area contributed by atoms with Crippen LogP contribution in [0, 0.1) is 0 Å². The Hall–Kier alpha value is -1.68. The van der Waals surface area contributed by atoms with Gasteiger partial charge in [0.15, 0.2) is 0 Å². The number of anilines is 1. The number of carbonyl (C=O) groups excluding carboxylic acids is 1. The Labute approximate surface area is 91.2 Å². The van der Waals surface area contributed by atoms with Gasteiger partial charge in [-0.1, -0.05) is 0 Å². The standard InChI is InChI=1S/C6H11N5O4S/c7-5-4(10-15-11-5)6(12)9-2-1-3-16(8,13)14/h1-3H2,(H2,7,11)(H,9,12)(H2,8,13,14). The smallest absolute Gasteiger partial charge is 0.277 e. The molecular weight excluding hydrogens is 238 g/mol. The molecule has 90 valence electrons. The van der Waals surface area contributed by atoms with Crippen molar-refractivity contribution in [3.63, 3.8) is 0 Å². The molecule has 0 aliphatic rings. The highest BCUT2D eigenvalue weighted by Gasteiger charge is 2.15. The van der Waals surface area contributed by atoms with E-state index in [1.807, 2.05) is 0 Å². The van der Waals surface area contributed by atoms with Crippen molar-refractivity contribution < 1.29 is 17.8 Å². The Morgan fingerprint density at radius 3 is 2.62 bits per heavy atom. The predicted octanol–water partition coefficient (Wildman–Crippen LogP) is -1.94. The fourth-order valence-electron chi connectivity index (χ4n) is 0.912. The van der Waals surface area contributed by atoms with Crippen LogP contribution in [0.3, 0.4) is 0 Å². The summed E-state index contributed by atoms with van der Waals surface area (Å²) >= 11 is 0. The molecule has 16 heavy (non-hydrogen) atoms. The SMILES string of the molecule is Nc1nonc1C(=O)NCCCS(N)(=O)=O. The highest BCUT2D eigenvalue weighted by Crippen LogP contribution is 2.02. The van der Waals surface area contributed by atoms with Crippen molar-refractivity contribution in [2.24, 2.45) is 5.14 Å². The molecule has 1 aromatic heterocycles. The van der Waals surface area contributed by atoms with E-state index >= 15 is 0 Å². The number of hydrogen-bond acceptors (Lipinski definition) is 7. The molecule has 0 saturated heterocycles. The van der Waals surface area contributed by atoms with Crippen LogP contribution in [-0.4, -0.2) is 36.9 Å². The van der Waals surface area contributed by atoms with Crippen LogP contribution in [0.1, 0.15) is 16.9 Å². The van der Waals surface area contributed by atoms with Gasteiger partial charge >= 0.3 is 0 Å². The number of nitrogens with two attached hydrogens (primary N) is 2. The van der Waals surface area contributed by atoms with Crippen molar-refractivity contribution in [2.45, 2.75) is 6.42 Å². The first-order valence-corrected chi connectivity index (χ1v) is 5.98. The van der Waals surface area contributed by atoms with Crippen LogP contribution < -0.4 is 16.2 Å². The number of rotatable bonds is 5. The molecule has 0 aromatic carbocycles. The van der Waals surface area contributed by atoms with E-state index in [0.29, 0.717) is 0 Å². The normalized spacial score (nSPS) is 11.3. The molecule has 5 N–H and O–H groups in total. The average Bonchev–Trinajstić information content (AvgIpc) is 2.57. The molecule has 0 saturated carbocycles. The second-order valence-corrected chi connectivity index (χ2v) is 4.71. The van der Waals surface area contributed by atoms with Crippen LogP contribution in [0.4, 0.5) is 5.82 Å². The lowest BCUT2D eigenvalue weighted by Crippen LogP contribution is -2.28. The largest absolute Gasteiger partial charge is 0.379 e. The maximum atomic E-state index is 11.3. The molecule has 0 radical (unpaired) electrons. The number of amides is 1. The maximum absolute atomic E-state index is 11.3. The van der Waals surface area contributed by atoms with Gasteiger partial charge < -0.3 is 11.1 Å². The Morgan fingerprint density at radius 1 is 1.44 bits per heavy atom. The fraction of sp³-hybridized carbons (Fsp3) is 0.500. The van der Waals surface area contributed by atoms with Crippen molar-refractivity contribution in [2.75, 3.05) is 18.0 Å². The number of carbonyl (C=O) groups is 1. The van der Waals surface area contributed by atoms with Gasteiger partial charge in [-0.15, -0.1) is 0 Å². The maximum Gasteiger partial charge on any atom is 0.277 e. The van der Waals surface area contributed by atoms with Gasteiger partial charge in [0, 0.05) is 6.54 Å². The third-order valence-corrected chi connectivity index (χ3v) is 2.48. The third kappa shape index (κ3) is 3.82. The zero-order valence-corrected chi connectivity index (χ0v) is 9.03. The molecule has 1 aromatic rings. The van der Waals surface area contributed by atoms with Gasteiger partial charge in [-0.3, -0.25) is 4.79 Å². The highest BCUT2D eigenvalue weighted by atomic mass is 32.2. The summed E-state index contributed by atoms with van der Waals surface area (Å²) in [7, 11) is -3.51. The Bertz CT molecular complexity index is 467. The van der Waals surface area contributed by atoms with Crippen molar-refractivity contribution in [1.82, 2.24) is 15.6 Å². The van der Waals surface area contributed by atoms with E-state index in [-0.39, 0.29) is 30.2 Å². The van der Waals surface area contributed by atoms with Crippen molar-refractivity contribution in [3.8, 4) is 0 Å². The van der Waals surface area contributed by atoms with Crippen molar-refractivity contribution in [3.05, 3.63) is 5.69 Å². The molecule has 0 bridgehead atoms. The van der Waals surface area contributed by atoms with Gasteiger partial charge in [0.1, 0.15) is 0 Å². The number of nitrogens with zero attached hydrogens (tertiary/aromatic N) is 2. The number of primary sulfonamides is 1. The summed E-state index contributed by atoms with van der Waals surface area (Å²) in [5.41, 5.74) is 5.14. The first kappa shape index (κ1) is 12.4. The molecular formula is C6H11N5O4S. The molecule has 1 heterocycles. The zero-order chi connectivity index (χ0) is 12.2. The van der Waals surface area contributed by atoms with E-state index in [0.717, 1.165) is 0 Å². The molecule has 0 spiro atoms. The summed E-state index contributed by atoms with van der Waals surface area (Å²) in [6.45, 7) is 0.140. The molecule has 1 rings (SSSR count). The molecule has 10 heteroatoms. The Balaban J connectivity index is 2.35. The monoisotopic (exact) mass is 249 g/mol. The summed E-state index contributed by atoms with van der Waals surface area (Å²) in [5.74, 6) is -0.906. The quantitative estimate of drug-likeness (QED) is 0.513. The third-order valence-electron chi connectivity index (χ3n) is 1.62. The van der Waals surface area contributed by atoms with E-state index in [1.54, 1.807) is 0 Å². The van der Waals surface area contributed by atoms with Crippen LogP contribution in [0.15, 0.2) is 4.63 Å². The second-order valence-electron chi connectivity index (χ2n) is 2.97. The van der Waals surface area contributed by atoms with Crippen LogP contribution in [0.5, 0.6) is 0 Å². The number of nitrogen functional groups attached to an aromatic ring is 1. The lowest BCUT2D eigenvalue weighted by Gasteiger charge is -2.01. The molecule has 9 nitrogen and oxygen atoms in total. The van der Waals surface area contributed by atoms with Gasteiger partial charge in [0.05, 0.1) is 5.75 Å². The Kier molecular flexibility index (Phi) is 3.79. The minimum Gasteiger partial charge on any atom is -0.379 e. The van der Waals surface area contributed by atoms with E-state index in [4.69, 9.17) is 10.9 Å². The highest BCUT2D eigenvalue weighted by molar-refractivity contribution is 7.89. The predicted molar refractivity (Wildman–Crippen MR) is 53.6 cm³/mol. The summed E-state index contributed by atoms with van der Waals surface area (Å²) in [6.07, 6.45) is 0.204. The molecule has 1 amide bonds. The summed E-state index contributed by atoms with van der Waals surface area (Å²) in [6, 6.07) is 0. The topological polar surface area (TPSA) is 154 Å². The van der Waals surface area contributed by atoms with Gasteiger partial charge in [0.25, 0.3) is 5.91 Å². The van der Waals surface area contributed by atoms with Gasteiger partial charge in [-0.05, 0) is 16.7 Å². The summed E-state index contributed by atoms with van der Waals surface area (Å²) in [4.78, 5) is 11.3. The number of nitrogens with one attached hydrogen (secondary N) is 1. The van der Waals surface area contributed by atoms with E-state index in [1.165, 1.54) is 0 Å². The second kappa shape index (κ2) is 4.90. The summed E-state index contributed by atoms with van der Waals surface area (Å²) < 4.78 is 25.4. The average molecular weight is 249 g/mol. The number of sulfonamides is 1. The van der Waals surface area contributed by atoms with E-state index in [2.05, 4.69) is 20.3 Å². The van der Waals surface area contributed by atoms with Crippen LogP contribution in [0.2, 0.25) is 0 Å². The number of hydrogen-bond donors (Lipinski definition) is 3.